The quantitative estimate of drug-likeness (QED) is 0.795. The first-order valence-electron chi connectivity index (χ1n) is 6.69. The Balaban J connectivity index is 2.02. The average molecular weight is 297 g/mol. The van der Waals surface area contributed by atoms with Crippen molar-refractivity contribution in [2.75, 3.05) is 14.2 Å². The molecule has 0 unspecified atom stereocenters. The van der Waals surface area contributed by atoms with Crippen LogP contribution in [0.4, 0.5) is 0 Å². The molecule has 0 aliphatic heterocycles. The zero-order valence-electron chi connectivity index (χ0n) is 12.2. The Labute approximate surface area is 127 Å². The molecular formula is C17H15NO4. The maximum Gasteiger partial charge on any atom is 0.174 e. The summed E-state index contributed by atoms with van der Waals surface area (Å²) in [6.07, 6.45) is 1.65. The summed E-state index contributed by atoms with van der Waals surface area (Å²) in [5.41, 5.74) is 2.51. The minimum absolute atomic E-state index is 0.0529. The van der Waals surface area contributed by atoms with E-state index in [1.807, 2.05) is 30.3 Å². The van der Waals surface area contributed by atoms with Gasteiger partial charge in [-0.05, 0) is 35.9 Å². The smallest absolute Gasteiger partial charge is 0.174 e. The molecule has 2 aromatic carbocycles. The van der Waals surface area contributed by atoms with Crippen molar-refractivity contribution in [2.24, 2.45) is 0 Å². The number of rotatable bonds is 4. The van der Waals surface area contributed by atoms with Gasteiger partial charge in [0.2, 0.25) is 0 Å². The molecule has 0 bridgehead atoms. The van der Waals surface area contributed by atoms with Crippen LogP contribution in [-0.2, 0) is 0 Å². The Hall–Kier alpha value is -2.95. The van der Waals surface area contributed by atoms with Crippen LogP contribution in [0.15, 0.2) is 53.2 Å². The topological polar surface area (TPSA) is 64.7 Å². The summed E-state index contributed by atoms with van der Waals surface area (Å²) in [5, 5.41) is 13.8. The van der Waals surface area contributed by atoms with Crippen molar-refractivity contribution in [3.63, 3.8) is 0 Å². The van der Waals surface area contributed by atoms with Gasteiger partial charge in [0.15, 0.2) is 17.3 Å². The number of phenolic OH excluding ortho intramolecular Hbond substituents is 1. The molecule has 22 heavy (non-hydrogen) atoms. The van der Waals surface area contributed by atoms with Gasteiger partial charge in [0.1, 0.15) is 5.75 Å². The molecule has 0 atom stereocenters. The third-order valence-electron chi connectivity index (χ3n) is 3.41. The molecule has 5 nitrogen and oxygen atoms in total. The van der Waals surface area contributed by atoms with E-state index in [0.29, 0.717) is 11.5 Å². The van der Waals surface area contributed by atoms with Crippen LogP contribution in [-0.4, -0.2) is 24.5 Å². The van der Waals surface area contributed by atoms with Gasteiger partial charge in [-0.3, -0.25) is 0 Å². The van der Waals surface area contributed by atoms with E-state index in [9.17, 15) is 5.11 Å². The first-order chi connectivity index (χ1) is 10.7. The zero-order chi connectivity index (χ0) is 15.5. The zero-order valence-corrected chi connectivity index (χ0v) is 12.2. The van der Waals surface area contributed by atoms with Crippen molar-refractivity contribution in [3.8, 4) is 39.7 Å². The molecule has 0 fully saturated rings. The molecule has 3 rings (SSSR count). The van der Waals surface area contributed by atoms with Gasteiger partial charge >= 0.3 is 0 Å². The van der Waals surface area contributed by atoms with Crippen LogP contribution in [0.3, 0.4) is 0 Å². The summed E-state index contributed by atoms with van der Waals surface area (Å²) in [6.45, 7) is 0. The number of aromatic nitrogens is 1. The summed E-state index contributed by atoms with van der Waals surface area (Å²) < 4.78 is 15.6. The first kappa shape index (κ1) is 14.0. The lowest BCUT2D eigenvalue weighted by molar-refractivity contribution is 0.373. The summed E-state index contributed by atoms with van der Waals surface area (Å²) >= 11 is 0. The Morgan fingerprint density at radius 3 is 2.32 bits per heavy atom. The van der Waals surface area contributed by atoms with Crippen molar-refractivity contribution in [1.82, 2.24) is 5.16 Å². The molecule has 0 amide bonds. The van der Waals surface area contributed by atoms with Crippen LogP contribution in [0.25, 0.3) is 22.5 Å². The number of phenols is 1. The maximum atomic E-state index is 9.92. The minimum Gasteiger partial charge on any atom is -0.504 e. The second-order valence-corrected chi connectivity index (χ2v) is 4.68. The highest BCUT2D eigenvalue weighted by Crippen LogP contribution is 2.36. The summed E-state index contributed by atoms with van der Waals surface area (Å²) in [4.78, 5) is 0. The molecule has 1 N–H and O–H groups in total. The summed E-state index contributed by atoms with van der Waals surface area (Å²) in [7, 11) is 3.13. The maximum absolute atomic E-state index is 9.92. The Kier molecular flexibility index (Phi) is 3.70. The highest BCUT2D eigenvalue weighted by atomic mass is 16.5. The molecule has 1 heterocycles. The van der Waals surface area contributed by atoms with Gasteiger partial charge in [-0.15, -0.1) is 0 Å². The predicted molar refractivity (Wildman–Crippen MR) is 82.1 cm³/mol. The largest absolute Gasteiger partial charge is 0.504 e. The van der Waals surface area contributed by atoms with E-state index < -0.39 is 0 Å². The number of hydrogen-bond acceptors (Lipinski definition) is 5. The van der Waals surface area contributed by atoms with E-state index in [1.54, 1.807) is 25.4 Å². The van der Waals surface area contributed by atoms with E-state index in [1.165, 1.54) is 7.11 Å². The van der Waals surface area contributed by atoms with Crippen LogP contribution in [0.5, 0.6) is 17.2 Å². The second-order valence-electron chi connectivity index (χ2n) is 4.68. The van der Waals surface area contributed by atoms with Gasteiger partial charge in [-0.1, -0.05) is 17.3 Å². The lowest BCUT2D eigenvalue weighted by atomic mass is 10.0. The lowest BCUT2D eigenvalue weighted by Crippen LogP contribution is -1.86. The molecule has 0 aliphatic rings. The number of hydrogen-bond donors (Lipinski definition) is 1. The van der Waals surface area contributed by atoms with Gasteiger partial charge in [0.05, 0.1) is 20.4 Å². The van der Waals surface area contributed by atoms with Crippen molar-refractivity contribution in [2.45, 2.75) is 0 Å². The standard InChI is InChI=1S/C17H15NO4/c1-20-13-6-3-11(4-7-13)14-10-18-22-17(14)12-5-8-16(21-2)15(19)9-12/h3-10,19H,1-2H3. The lowest BCUT2D eigenvalue weighted by Gasteiger charge is -2.06. The van der Waals surface area contributed by atoms with Gasteiger partial charge in [0.25, 0.3) is 0 Å². The van der Waals surface area contributed by atoms with Crippen LogP contribution >= 0.6 is 0 Å². The molecule has 0 saturated carbocycles. The number of aromatic hydroxyl groups is 1. The molecule has 0 radical (unpaired) electrons. The molecule has 3 aromatic rings. The number of ether oxygens (including phenoxy) is 2. The Morgan fingerprint density at radius 1 is 0.955 bits per heavy atom. The van der Waals surface area contributed by atoms with Crippen LogP contribution in [0, 0.1) is 0 Å². The molecule has 112 valence electrons. The molecule has 0 spiro atoms. The molecular weight excluding hydrogens is 282 g/mol. The van der Waals surface area contributed by atoms with Crippen molar-refractivity contribution < 1.29 is 19.1 Å². The van der Waals surface area contributed by atoms with E-state index in [-0.39, 0.29) is 5.75 Å². The highest BCUT2D eigenvalue weighted by Gasteiger charge is 2.14. The molecule has 5 heteroatoms. The molecule has 0 aliphatic carbocycles. The van der Waals surface area contributed by atoms with Crippen LogP contribution in [0.1, 0.15) is 0 Å². The molecule has 1 aromatic heterocycles. The molecule has 0 saturated heterocycles. The monoisotopic (exact) mass is 297 g/mol. The fourth-order valence-corrected chi connectivity index (χ4v) is 2.26. The van der Waals surface area contributed by atoms with Crippen LogP contribution < -0.4 is 9.47 Å². The average Bonchev–Trinajstić information content (AvgIpc) is 3.04. The summed E-state index contributed by atoms with van der Waals surface area (Å²) in [6, 6.07) is 12.7. The third-order valence-corrected chi connectivity index (χ3v) is 3.41. The van der Waals surface area contributed by atoms with Gasteiger partial charge in [0, 0.05) is 11.1 Å². The van der Waals surface area contributed by atoms with E-state index >= 15 is 0 Å². The van der Waals surface area contributed by atoms with Gasteiger partial charge in [-0.2, -0.15) is 0 Å². The number of nitrogens with zero attached hydrogens (tertiary/aromatic N) is 1. The van der Waals surface area contributed by atoms with Crippen molar-refractivity contribution in [3.05, 3.63) is 48.7 Å². The fourth-order valence-electron chi connectivity index (χ4n) is 2.26. The van der Waals surface area contributed by atoms with Crippen molar-refractivity contribution in [1.29, 1.82) is 0 Å². The van der Waals surface area contributed by atoms with E-state index in [4.69, 9.17) is 14.0 Å². The predicted octanol–water partition coefficient (Wildman–Crippen LogP) is 3.73. The minimum atomic E-state index is 0.0529. The second kappa shape index (κ2) is 5.81. The first-order valence-corrected chi connectivity index (χ1v) is 6.69. The van der Waals surface area contributed by atoms with E-state index in [2.05, 4.69) is 5.16 Å². The summed E-state index contributed by atoms with van der Waals surface area (Å²) in [5.74, 6) is 1.83. The van der Waals surface area contributed by atoms with Gasteiger partial charge in [-0.25, -0.2) is 0 Å². The van der Waals surface area contributed by atoms with Gasteiger partial charge < -0.3 is 19.1 Å². The fraction of sp³-hybridized carbons (Fsp3) is 0.118. The van der Waals surface area contributed by atoms with Crippen LogP contribution in [0.2, 0.25) is 0 Å². The number of methoxy groups -OCH3 is 2. The normalized spacial score (nSPS) is 10.5. The number of benzene rings is 2. The Bertz CT molecular complexity index is 778. The van der Waals surface area contributed by atoms with E-state index in [0.717, 1.165) is 22.4 Å². The third kappa shape index (κ3) is 2.48. The SMILES string of the molecule is COc1ccc(-c2cnoc2-c2ccc(OC)c(O)c2)cc1. The van der Waals surface area contributed by atoms with Crippen molar-refractivity contribution >= 4 is 0 Å². The Morgan fingerprint density at radius 2 is 1.68 bits per heavy atom. The highest BCUT2D eigenvalue weighted by molar-refractivity contribution is 5.80.